The number of aliphatic carboxylic acids is 1. The zero-order valence-corrected chi connectivity index (χ0v) is 6.84. The van der Waals surface area contributed by atoms with Crippen LogP contribution in [0.4, 0.5) is 0 Å². The van der Waals surface area contributed by atoms with Crippen molar-refractivity contribution in [1.82, 2.24) is 0 Å². The van der Waals surface area contributed by atoms with E-state index in [1.165, 1.54) is 0 Å². The molecule has 58 valence electrons. The van der Waals surface area contributed by atoms with Crippen LogP contribution in [0.3, 0.4) is 0 Å². The topological polar surface area (TPSA) is 40.1 Å². The summed E-state index contributed by atoms with van der Waals surface area (Å²) in [7, 11) is 5.35. The van der Waals surface area contributed by atoms with Crippen molar-refractivity contribution in [2.24, 2.45) is 0 Å². The predicted octanol–water partition coefficient (Wildman–Crippen LogP) is -0.654. The van der Waals surface area contributed by atoms with E-state index >= 15 is 0 Å². The Balaban J connectivity index is 4.56. The molecule has 0 rings (SSSR count). The smallest absolute Gasteiger partial charge is 0.150 e. The monoisotopic (exact) mass is 143 g/mol. The van der Waals surface area contributed by atoms with Gasteiger partial charge in [0.15, 0.2) is 5.70 Å². The van der Waals surface area contributed by atoms with Crippen molar-refractivity contribution >= 4 is 5.97 Å². The van der Waals surface area contributed by atoms with Gasteiger partial charge in [-0.1, -0.05) is 0 Å². The third-order valence-electron chi connectivity index (χ3n) is 1.21. The van der Waals surface area contributed by atoms with Crippen molar-refractivity contribution in [3.05, 3.63) is 11.8 Å². The van der Waals surface area contributed by atoms with Crippen molar-refractivity contribution < 1.29 is 14.4 Å². The zero-order chi connectivity index (χ0) is 8.36. The van der Waals surface area contributed by atoms with Crippen LogP contribution in [-0.4, -0.2) is 31.6 Å². The van der Waals surface area contributed by atoms with E-state index in [9.17, 15) is 9.90 Å². The van der Waals surface area contributed by atoms with Crippen LogP contribution in [0.25, 0.3) is 0 Å². The second kappa shape index (κ2) is 2.84. The number of carbonyl (C=O) groups is 1. The minimum Gasteiger partial charge on any atom is -0.540 e. The van der Waals surface area contributed by atoms with E-state index in [1.807, 2.05) is 0 Å². The van der Waals surface area contributed by atoms with E-state index in [0.717, 1.165) is 0 Å². The highest BCUT2D eigenvalue weighted by Crippen LogP contribution is 2.04. The summed E-state index contributed by atoms with van der Waals surface area (Å²) in [6.07, 6.45) is 1.55. The molecule has 0 aromatic heterocycles. The quantitative estimate of drug-likeness (QED) is 0.380. The lowest BCUT2D eigenvalue weighted by atomic mass is 10.3. The van der Waals surface area contributed by atoms with Gasteiger partial charge in [-0.15, -0.1) is 0 Å². The van der Waals surface area contributed by atoms with Crippen LogP contribution in [0.1, 0.15) is 6.92 Å². The fourth-order valence-corrected chi connectivity index (χ4v) is 0.779. The lowest BCUT2D eigenvalue weighted by molar-refractivity contribution is -0.828. The highest BCUT2D eigenvalue weighted by Gasteiger charge is 2.15. The van der Waals surface area contributed by atoms with Crippen LogP contribution >= 0.6 is 0 Å². The Morgan fingerprint density at radius 2 is 1.80 bits per heavy atom. The van der Waals surface area contributed by atoms with Gasteiger partial charge in [0.1, 0.15) is 5.97 Å². The van der Waals surface area contributed by atoms with Gasteiger partial charge in [-0.05, 0) is 13.0 Å². The second-order valence-corrected chi connectivity index (χ2v) is 2.97. The number of nitrogens with zero attached hydrogens (tertiary/aromatic N) is 1. The van der Waals surface area contributed by atoms with Crippen LogP contribution in [-0.2, 0) is 4.79 Å². The Bertz CT molecular complexity index is 165. The standard InChI is InChI=1S/C7H13NO2/c1-5-6(7(9)10)8(2,3)4/h5H,1-4H3. The average Bonchev–Trinajstić information content (AvgIpc) is 1.60. The summed E-state index contributed by atoms with van der Waals surface area (Å²) in [5.74, 6) is -1.10. The Kier molecular flexibility index (Phi) is 2.60. The second-order valence-electron chi connectivity index (χ2n) is 2.97. The average molecular weight is 143 g/mol. The molecular formula is C7H13NO2. The number of carboxylic acids is 1. The van der Waals surface area contributed by atoms with E-state index in [1.54, 1.807) is 34.1 Å². The summed E-state index contributed by atoms with van der Waals surface area (Å²) in [5.41, 5.74) is 0.292. The summed E-state index contributed by atoms with van der Waals surface area (Å²) in [6.45, 7) is 1.69. The third-order valence-corrected chi connectivity index (χ3v) is 1.21. The van der Waals surface area contributed by atoms with Crippen LogP contribution < -0.4 is 5.11 Å². The Morgan fingerprint density at radius 3 is 1.80 bits per heavy atom. The van der Waals surface area contributed by atoms with Crippen molar-refractivity contribution in [1.29, 1.82) is 0 Å². The summed E-state index contributed by atoms with van der Waals surface area (Å²) in [4.78, 5) is 10.4. The first-order valence-electron chi connectivity index (χ1n) is 3.09. The molecule has 0 saturated heterocycles. The summed E-state index contributed by atoms with van der Waals surface area (Å²) >= 11 is 0. The van der Waals surface area contributed by atoms with Gasteiger partial charge in [-0.3, -0.25) is 4.48 Å². The molecule has 0 aromatic carbocycles. The lowest BCUT2D eigenvalue weighted by Gasteiger charge is -2.26. The molecule has 0 aromatic rings. The van der Waals surface area contributed by atoms with Gasteiger partial charge >= 0.3 is 0 Å². The van der Waals surface area contributed by atoms with E-state index < -0.39 is 5.97 Å². The minimum absolute atomic E-state index is 0.291. The van der Waals surface area contributed by atoms with Crippen LogP contribution in [0.2, 0.25) is 0 Å². The Morgan fingerprint density at radius 1 is 1.40 bits per heavy atom. The van der Waals surface area contributed by atoms with Gasteiger partial charge in [0.2, 0.25) is 0 Å². The van der Waals surface area contributed by atoms with Crippen molar-refractivity contribution in [3.8, 4) is 0 Å². The lowest BCUT2D eigenvalue weighted by Crippen LogP contribution is -2.42. The number of hydrogen-bond donors (Lipinski definition) is 0. The van der Waals surface area contributed by atoms with Crippen LogP contribution in [0, 0.1) is 0 Å². The zero-order valence-electron chi connectivity index (χ0n) is 6.84. The summed E-state index contributed by atoms with van der Waals surface area (Å²) in [5, 5.41) is 10.4. The van der Waals surface area contributed by atoms with Gasteiger partial charge in [0.05, 0.1) is 21.1 Å². The first kappa shape index (κ1) is 9.17. The maximum Gasteiger partial charge on any atom is 0.150 e. The van der Waals surface area contributed by atoms with Gasteiger partial charge in [0, 0.05) is 0 Å². The molecule has 0 atom stereocenters. The molecule has 0 N–H and O–H groups in total. The minimum atomic E-state index is -1.10. The predicted molar refractivity (Wildman–Crippen MR) is 36.8 cm³/mol. The molecule has 0 fully saturated rings. The molecule has 0 heterocycles. The molecule has 3 heteroatoms. The molecule has 0 saturated carbocycles. The Labute approximate surface area is 61.2 Å². The molecule has 0 radical (unpaired) electrons. The SMILES string of the molecule is CC=C(C(=O)[O-])[N+](C)(C)C. The first-order chi connectivity index (χ1) is 4.39. The largest absolute Gasteiger partial charge is 0.540 e. The summed E-state index contributed by atoms with van der Waals surface area (Å²) < 4.78 is 0.291. The Hall–Kier alpha value is -0.830. The number of likely N-dealkylation sites (N-methyl/N-ethyl adjacent to an activating group) is 1. The molecule has 10 heavy (non-hydrogen) atoms. The maximum atomic E-state index is 10.4. The fourth-order valence-electron chi connectivity index (χ4n) is 0.779. The van der Waals surface area contributed by atoms with E-state index in [-0.39, 0.29) is 0 Å². The summed E-state index contributed by atoms with van der Waals surface area (Å²) in [6, 6.07) is 0. The molecule has 0 aliphatic heterocycles. The van der Waals surface area contributed by atoms with Crippen molar-refractivity contribution in [2.75, 3.05) is 21.1 Å². The molecular weight excluding hydrogens is 130 g/mol. The van der Waals surface area contributed by atoms with Gasteiger partial charge in [-0.25, -0.2) is 0 Å². The molecule has 0 bridgehead atoms. The van der Waals surface area contributed by atoms with Gasteiger partial charge in [-0.2, -0.15) is 0 Å². The van der Waals surface area contributed by atoms with Crippen molar-refractivity contribution in [2.45, 2.75) is 6.92 Å². The highest BCUT2D eigenvalue weighted by atomic mass is 16.4. The van der Waals surface area contributed by atoms with E-state index in [0.29, 0.717) is 10.2 Å². The molecule has 3 nitrogen and oxygen atoms in total. The van der Waals surface area contributed by atoms with Gasteiger partial charge < -0.3 is 9.90 Å². The number of carbonyl (C=O) groups excluding carboxylic acids is 1. The fraction of sp³-hybridized carbons (Fsp3) is 0.571. The molecule has 0 spiro atoms. The van der Waals surface area contributed by atoms with Crippen molar-refractivity contribution in [3.63, 3.8) is 0 Å². The van der Waals surface area contributed by atoms with E-state index in [2.05, 4.69) is 0 Å². The number of rotatable bonds is 2. The molecule has 0 amide bonds. The van der Waals surface area contributed by atoms with Crippen LogP contribution in [0.15, 0.2) is 11.8 Å². The first-order valence-corrected chi connectivity index (χ1v) is 3.09. The number of hydrogen-bond acceptors (Lipinski definition) is 2. The van der Waals surface area contributed by atoms with Gasteiger partial charge in [0.25, 0.3) is 0 Å². The maximum absolute atomic E-state index is 10.4. The normalized spacial score (nSPS) is 13.4. The van der Waals surface area contributed by atoms with Crippen LogP contribution in [0.5, 0.6) is 0 Å². The number of carboxylic acid groups (broad SMARTS) is 1. The number of allylic oxidation sites excluding steroid dienone is 1. The molecule has 0 aliphatic rings. The molecule has 0 aliphatic carbocycles. The van der Waals surface area contributed by atoms with E-state index in [4.69, 9.17) is 0 Å². The highest BCUT2D eigenvalue weighted by molar-refractivity contribution is 5.81. The number of quaternary nitrogens is 1. The molecule has 0 unspecified atom stereocenters. The third kappa shape index (κ3) is 2.19.